The zero-order chi connectivity index (χ0) is 14.2. The molecular weight excluding hydrogens is 250 g/mol. The molecule has 18 heavy (non-hydrogen) atoms. The summed E-state index contributed by atoms with van der Waals surface area (Å²) >= 11 is 0. The van der Waals surface area contributed by atoms with E-state index in [1.165, 1.54) is 6.26 Å². The van der Waals surface area contributed by atoms with Crippen LogP contribution in [-0.2, 0) is 9.84 Å². The maximum absolute atomic E-state index is 11.7. The van der Waals surface area contributed by atoms with Crippen molar-refractivity contribution in [2.24, 2.45) is 17.1 Å². The summed E-state index contributed by atoms with van der Waals surface area (Å²) in [6.45, 7) is 6.06. The van der Waals surface area contributed by atoms with Crippen molar-refractivity contribution in [2.75, 3.05) is 12.8 Å². The molecule has 1 saturated carbocycles. The van der Waals surface area contributed by atoms with Crippen LogP contribution in [0.15, 0.2) is 0 Å². The standard InChI is InChI=1S/C13H27NO3S/c1-12(2,3)13(15,9-14)10-6-5-7-11(8-10)18(4,16)17/h10-11,15H,5-9,14H2,1-4H3. The van der Waals surface area contributed by atoms with Crippen LogP contribution in [0.5, 0.6) is 0 Å². The first-order valence-corrected chi connectivity index (χ1v) is 8.59. The highest BCUT2D eigenvalue weighted by molar-refractivity contribution is 7.91. The van der Waals surface area contributed by atoms with Gasteiger partial charge in [-0.2, -0.15) is 0 Å². The third kappa shape index (κ3) is 3.06. The molecule has 1 aliphatic rings. The van der Waals surface area contributed by atoms with Crippen molar-refractivity contribution in [3.63, 3.8) is 0 Å². The molecule has 1 rings (SSSR count). The summed E-state index contributed by atoms with van der Waals surface area (Å²) in [7, 11) is -3.02. The van der Waals surface area contributed by atoms with Gasteiger partial charge in [-0.05, 0) is 30.6 Å². The first-order valence-electron chi connectivity index (χ1n) is 6.63. The van der Waals surface area contributed by atoms with Crippen molar-refractivity contribution >= 4 is 9.84 Å². The van der Waals surface area contributed by atoms with E-state index in [4.69, 9.17) is 5.73 Å². The number of hydrogen-bond acceptors (Lipinski definition) is 4. The maximum Gasteiger partial charge on any atom is 0.150 e. The highest BCUT2D eigenvalue weighted by atomic mass is 32.2. The minimum atomic E-state index is -3.02. The lowest BCUT2D eigenvalue weighted by Gasteiger charge is -2.47. The number of nitrogens with two attached hydrogens (primary N) is 1. The molecule has 0 spiro atoms. The average Bonchev–Trinajstić information content (AvgIpc) is 2.25. The van der Waals surface area contributed by atoms with Gasteiger partial charge in [0.1, 0.15) is 9.84 Å². The quantitative estimate of drug-likeness (QED) is 0.815. The van der Waals surface area contributed by atoms with Gasteiger partial charge in [0.25, 0.3) is 0 Å². The largest absolute Gasteiger partial charge is 0.388 e. The lowest BCUT2D eigenvalue weighted by Crippen LogP contribution is -2.56. The lowest BCUT2D eigenvalue weighted by atomic mass is 9.64. The smallest absolute Gasteiger partial charge is 0.150 e. The van der Waals surface area contributed by atoms with Crippen molar-refractivity contribution in [3.05, 3.63) is 0 Å². The molecule has 0 aromatic heterocycles. The highest BCUT2D eigenvalue weighted by Gasteiger charge is 2.47. The normalized spacial score (nSPS) is 29.9. The molecule has 0 radical (unpaired) electrons. The Kier molecular flexibility index (Phi) is 4.51. The Bertz CT molecular complexity index is 386. The molecular formula is C13H27NO3S. The maximum atomic E-state index is 11.7. The van der Waals surface area contributed by atoms with E-state index in [2.05, 4.69) is 0 Å². The molecule has 1 aliphatic carbocycles. The van der Waals surface area contributed by atoms with Crippen molar-refractivity contribution in [3.8, 4) is 0 Å². The third-order valence-electron chi connectivity index (χ3n) is 4.52. The molecule has 0 aromatic carbocycles. The average molecular weight is 277 g/mol. The van der Waals surface area contributed by atoms with Crippen LogP contribution in [0.25, 0.3) is 0 Å². The third-order valence-corrected chi connectivity index (χ3v) is 6.16. The lowest BCUT2D eigenvalue weighted by molar-refractivity contribution is -0.106. The minimum absolute atomic E-state index is 0.0315. The second-order valence-electron chi connectivity index (χ2n) is 6.69. The second kappa shape index (κ2) is 5.10. The van der Waals surface area contributed by atoms with E-state index in [0.29, 0.717) is 12.8 Å². The zero-order valence-corrected chi connectivity index (χ0v) is 12.8. The molecule has 0 heterocycles. The van der Waals surface area contributed by atoms with E-state index in [1.807, 2.05) is 20.8 Å². The van der Waals surface area contributed by atoms with Crippen molar-refractivity contribution in [2.45, 2.75) is 57.3 Å². The summed E-state index contributed by atoms with van der Waals surface area (Å²) < 4.78 is 23.4. The SMILES string of the molecule is CC(C)(C)C(O)(CN)C1CCCC(S(C)(=O)=O)C1. The van der Waals surface area contributed by atoms with E-state index in [1.54, 1.807) is 0 Å². The molecule has 3 N–H and O–H groups in total. The van der Waals surface area contributed by atoms with Crippen molar-refractivity contribution < 1.29 is 13.5 Å². The van der Waals surface area contributed by atoms with E-state index < -0.39 is 15.4 Å². The van der Waals surface area contributed by atoms with Crippen LogP contribution >= 0.6 is 0 Å². The Hall–Kier alpha value is -0.130. The van der Waals surface area contributed by atoms with Crippen LogP contribution in [0.1, 0.15) is 46.5 Å². The van der Waals surface area contributed by atoms with Gasteiger partial charge in [0.05, 0.1) is 10.9 Å². The van der Waals surface area contributed by atoms with Crippen molar-refractivity contribution in [1.82, 2.24) is 0 Å². The summed E-state index contributed by atoms with van der Waals surface area (Å²) in [5, 5.41) is 10.5. The fraction of sp³-hybridized carbons (Fsp3) is 1.00. The molecule has 4 nitrogen and oxygen atoms in total. The number of aliphatic hydroxyl groups is 1. The van der Waals surface area contributed by atoms with Gasteiger partial charge >= 0.3 is 0 Å². The fourth-order valence-electron chi connectivity index (χ4n) is 3.05. The molecule has 108 valence electrons. The predicted octanol–water partition coefficient (Wildman–Crippen LogP) is 1.33. The summed E-state index contributed by atoms with van der Waals surface area (Å²) in [5.74, 6) is -0.0315. The van der Waals surface area contributed by atoms with E-state index in [9.17, 15) is 13.5 Å². The molecule has 0 aliphatic heterocycles. The van der Waals surface area contributed by atoms with E-state index >= 15 is 0 Å². The van der Waals surface area contributed by atoms with Gasteiger partial charge in [-0.1, -0.05) is 27.2 Å². The molecule has 1 fully saturated rings. The van der Waals surface area contributed by atoms with Gasteiger partial charge in [0.2, 0.25) is 0 Å². The monoisotopic (exact) mass is 277 g/mol. The van der Waals surface area contributed by atoms with Crippen LogP contribution in [0.3, 0.4) is 0 Å². The second-order valence-corrected chi connectivity index (χ2v) is 9.02. The van der Waals surface area contributed by atoms with Crippen LogP contribution < -0.4 is 5.73 Å². The number of hydrogen-bond donors (Lipinski definition) is 2. The topological polar surface area (TPSA) is 80.4 Å². The van der Waals surface area contributed by atoms with E-state index in [-0.39, 0.29) is 23.1 Å². The predicted molar refractivity (Wildman–Crippen MR) is 74.0 cm³/mol. The molecule has 0 aromatic rings. The highest BCUT2D eigenvalue weighted by Crippen LogP contribution is 2.43. The Morgan fingerprint density at radius 2 is 1.83 bits per heavy atom. The number of rotatable bonds is 3. The molecule has 5 heteroatoms. The van der Waals surface area contributed by atoms with Gasteiger partial charge in [-0.25, -0.2) is 8.42 Å². The molecule has 0 saturated heterocycles. The summed E-state index contributed by atoms with van der Waals surface area (Å²) in [5.41, 5.74) is 4.45. The van der Waals surface area contributed by atoms with Gasteiger partial charge in [-0.3, -0.25) is 0 Å². The van der Waals surface area contributed by atoms with Crippen LogP contribution in [0.2, 0.25) is 0 Å². The summed E-state index contributed by atoms with van der Waals surface area (Å²) in [4.78, 5) is 0. The van der Waals surface area contributed by atoms with Gasteiger partial charge in [0.15, 0.2) is 0 Å². The van der Waals surface area contributed by atoms with Crippen LogP contribution in [-0.4, -0.2) is 37.2 Å². The Morgan fingerprint density at radius 3 is 2.22 bits per heavy atom. The fourth-order valence-corrected chi connectivity index (χ4v) is 4.23. The van der Waals surface area contributed by atoms with Gasteiger partial charge in [-0.15, -0.1) is 0 Å². The van der Waals surface area contributed by atoms with E-state index in [0.717, 1.165) is 12.8 Å². The molecule has 3 unspecified atom stereocenters. The summed E-state index contributed by atoms with van der Waals surface area (Å²) in [6, 6.07) is 0. The Morgan fingerprint density at radius 1 is 1.28 bits per heavy atom. The van der Waals surface area contributed by atoms with Crippen LogP contribution in [0, 0.1) is 11.3 Å². The van der Waals surface area contributed by atoms with Gasteiger partial charge in [0, 0.05) is 12.8 Å². The first-order chi connectivity index (χ1) is 8.02. The van der Waals surface area contributed by atoms with Crippen LogP contribution in [0.4, 0.5) is 0 Å². The minimum Gasteiger partial charge on any atom is -0.388 e. The Labute approximate surface area is 111 Å². The van der Waals surface area contributed by atoms with Gasteiger partial charge < -0.3 is 10.8 Å². The number of sulfone groups is 1. The first kappa shape index (κ1) is 15.9. The summed E-state index contributed by atoms with van der Waals surface area (Å²) in [6.07, 6.45) is 4.24. The molecule has 3 atom stereocenters. The van der Waals surface area contributed by atoms with Crippen molar-refractivity contribution in [1.29, 1.82) is 0 Å². The molecule has 0 amide bonds. The molecule has 0 bridgehead atoms. The zero-order valence-electron chi connectivity index (χ0n) is 11.9. The Balaban J connectivity index is 2.96.